The highest BCUT2D eigenvalue weighted by Crippen LogP contribution is 2.34. The summed E-state index contributed by atoms with van der Waals surface area (Å²) in [4.78, 5) is 14.4. The topological polar surface area (TPSA) is 68.7 Å². The zero-order valence-corrected chi connectivity index (χ0v) is 9.56. The number of methoxy groups -OCH3 is 1. The molecule has 6 heteroatoms. The van der Waals surface area contributed by atoms with Crippen molar-refractivity contribution < 1.29 is 19.4 Å². The molecule has 0 aliphatic heterocycles. The Kier molecular flexibility index (Phi) is 3.01. The molecule has 0 saturated heterocycles. The lowest BCUT2D eigenvalue weighted by Crippen LogP contribution is -2.04. The molecule has 0 aliphatic carbocycles. The van der Waals surface area contributed by atoms with E-state index >= 15 is 0 Å². The molecule has 0 aliphatic rings. The average molecular weight is 254 g/mol. The number of halogens is 1. The van der Waals surface area contributed by atoms with Gasteiger partial charge in [0, 0.05) is 11.6 Å². The van der Waals surface area contributed by atoms with Crippen LogP contribution in [-0.4, -0.2) is 23.4 Å². The Bertz CT molecular complexity index is 585. The molecule has 0 radical (unpaired) electrons. The molecule has 88 valence electrons. The van der Waals surface area contributed by atoms with Crippen LogP contribution in [0.3, 0.4) is 0 Å². The van der Waals surface area contributed by atoms with Gasteiger partial charge >= 0.3 is 6.16 Å². The predicted molar refractivity (Wildman–Crippen MR) is 62.0 cm³/mol. The molecule has 1 aromatic heterocycles. The van der Waals surface area contributed by atoms with Gasteiger partial charge in [-0.3, -0.25) is 0 Å². The van der Waals surface area contributed by atoms with Crippen LogP contribution in [0.1, 0.15) is 0 Å². The zero-order valence-electron chi connectivity index (χ0n) is 8.81. The molecule has 0 amide bonds. The molecule has 0 bridgehead atoms. The first kappa shape index (κ1) is 11.5. The van der Waals surface area contributed by atoms with Gasteiger partial charge in [-0.15, -0.1) is 0 Å². The summed E-state index contributed by atoms with van der Waals surface area (Å²) in [5, 5.41) is 10.3. The standard InChI is InChI=1S/C11H8ClNO4/c1-16-8-5-7-6(2-3-13-10(7)12)4-9(8)17-11(14)15/h2-5H,1H3,(H,14,15). The number of hydrogen-bond donors (Lipinski definition) is 1. The van der Waals surface area contributed by atoms with Gasteiger partial charge in [0.2, 0.25) is 0 Å². The molecule has 2 rings (SSSR count). The Labute approximate surface area is 102 Å². The molecule has 5 nitrogen and oxygen atoms in total. The van der Waals surface area contributed by atoms with Crippen LogP contribution < -0.4 is 9.47 Å². The first-order valence-electron chi connectivity index (χ1n) is 4.65. The molecule has 0 spiro atoms. The van der Waals surface area contributed by atoms with E-state index in [1.165, 1.54) is 19.4 Å². The smallest absolute Gasteiger partial charge is 0.493 e. The highest BCUT2D eigenvalue weighted by atomic mass is 35.5. The first-order chi connectivity index (χ1) is 8.11. The fourth-order valence-electron chi connectivity index (χ4n) is 1.48. The number of pyridine rings is 1. The maximum absolute atomic E-state index is 10.5. The number of aromatic nitrogens is 1. The first-order valence-corrected chi connectivity index (χ1v) is 5.02. The Morgan fingerprint density at radius 3 is 2.82 bits per heavy atom. The number of benzene rings is 1. The lowest BCUT2D eigenvalue weighted by molar-refractivity contribution is 0.143. The van der Waals surface area contributed by atoms with E-state index in [0.29, 0.717) is 10.5 Å². The lowest BCUT2D eigenvalue weighted by atomic mass is 10.1. The third-order valence-electron chi connectivity index (χ3n) is 2.20. The summed E-state index contributed by atoms with van der Waals surface area (Å²) in [6.45, 7) is 0. The van der Waals surface area contributed by atoms with Crippen LogP contribution in [0.2, 0.25) is 5.15 Å². The van der Waals surface area contributed by atoms with Crippen LogP contribution in [0.4, 0.5) is 4.79 Å². The van der Waals surface area contributed by atoms with Crippen LogP contribution in [0, 0.1) is 0 Å². The third-order valence-corrected chi connectivity index (χ3v) is 2.50. The molecule has 17 heavy (non-hydrogen) atoms. The van der Waals surface area contributed by atoms with E-state index in [1.807, 2.05) is 0 Å². The predicted octanol–water partition coefficient (Wildman–Crippen LogP) is 2.95. The third kappa shape index (κ3) is 2.24. The Morgan fingerprint density at radius 1 is 1.41 bits per heavy atom. The highest BCUT2D eigenvalue weighted by Gasteiger charge is 2.12. The minimum atomic E-state index is -1.40. The van der Waals surface area contributed by atoms with Crippen molar-refractivity contribution >= 4 is 28.5 Å². The van der Waals surface area contributed by atoms with Crippen molar-refractivity contribution in [2.75, 3.05) is 7.11 Å². The SMILES string of the molecule is COc1cc2c(Cl)nccc2cc1OC(=O)O. The summed E-state index contributed by atoms with van der Waals surface area (Å²) in [5.41, 5.74) is 0. The maximum atomic E-state index is 10.5. The van der Waals surface area contributed by atoms with Crippen molar-refractivity contribution in [3.63, 3.8) is 0 Å². The molecule has 1 N–H and O–H groups in total. The Hall–Kier alpha value is -2.01. The van der Waals surface area contributed by atoms with Crippen molar-refractivity contribution in [3.8, 4) is 11.5 Å². The van der Waals surface area contributed by atoms with Gasteiger partial charge < -0.3 is 14.6 Å². The van der Waals surface area contributed by atoms with Gasteiger partial charge in [0.25, 0.3) is 0 Å². The number of fused-ring (bicyclic) bond motifs is 1. The van der Waals surface area contributed by atoms with E-state index in [9.17, 15) is 4.79 Å². The van der Waals surface area contributed by atoms with E-state index in [1.54, 1.807) is 12.1 Å². The van der Waals surface area contributed by atoms with Gasteiger partial charge in [-0.1, -0.05) is 11.6 Å². The molecule has 0 fully saturated rings. The van der Waals surface area contributed by atoms with Crippen LogP contribution in [0.5, 0.6) is 11.5 Å². The Balaban J connectivity index is 2.64. The molecular weight excluding hydrogens is 246 g/mol. The van der Waals surface area contributed by atoms with Gasteiger partial charge in [0.1, 0.15) is 5.15 Å². The summed E-state index contributed by atoms with van der Waals surface area (Å²) < 4.78 is 9.65. The van der Waals surface area contributed by atoms with Gasteiger partial charge in [-0.25, -0.2) is 9.78 Å². The van der Waals surface area contributed by atoms with E-state index in [4.69, 9.17) is 21.4 Å². The van der Waals surface area contributed by atoms with Gasteiger partial charge in [0.05, 0.1) is 7.11 Å². The maximum Gasteiger partial charge on any atom is 0.511 e. The number of carbonyl (C=O) groups is 1. The minimum Gasteiger partial charge on any atom is -0.493 e. The molecule has 0 atom stereocenters. The number of nitrogens with zero attached hydrogens (tertiary/aromatic N) is 1. The van der Waals surface area contributed by atoms with E-state index in [0.717, 1.165) is 5.39 Å². The monoisotopic (exact) mass is 253 g/mol. The minimum absolute atomic E-state index is 0.120. The van der Waals surface area contributed by atoms with Crippen LogP contribution in [0.15, 0.2) is 24.4 Å². The number of rotatable bonds is 2. The van der Waals surface area contributed by atoms with Crippen molar-refractivity contribution in [3.05, 3.63) is 29.5 Å². The van der Waals surface area contributed by atoms with Crippen LogP contribution in [0.25, 0.3) is 10.8 Å². The van der Waals surface area contributed by atoms with E-state index in [-0.39, 0.29) is 11.5 Å². The quantitative estimate of drug-likeness (QED) is 0.506. The normalized spacial score (nSPS) is 10.2. The fourth-order valence-corrected chi connectivity index (χ4v) is 1.70. The number of hydrogen-bond acceptors (Lipinski definition) is 4. The molecule has 0 saturated carbocycles. The van der Waals surface area contributed by atoms with Gasteiger partial charge in [-0.05, 0) is 23.6 Å². The highest BCUT2D eigenvalue weighted by molar-refractivity contribution is 6.34. The summed E-state index contributed by atoms with van der Waals surface area (Å²) in [6, 6.07) is 4.83. The van der Waals surface area contributed by atoms with Gasteiger partial charge in [-0.2, -0.15) is 0 Å². The lowest BCUT2D eigenvalue weighted by Gasteiger charge is -2.09. The number of ether oxygens (including phenoxy) is 2. The van der Waals surface area contributed by atoms with E-state index in [2.05, 4.69) is 9.72 Å². The van der Waals surface area contributed by atoms with Crippen molar-refractivity contribution in [2.45, 2.75) is 0 Å². The fraction of sp³-hybridized carbons (Fsp3) is 0.0909. The van der Waals surface area contributed by atoms with Crippen molar-refractivity contribution in [1.82, 2.24) is 4.98 Å². The summed E-state index contributed by atoms with van der Waals surface area (Å²) in [6.07, 6.45) is 0.129. The second-order valence-corrected chi connectivity index (χ2v) is 3.55. The van der Waals surface area contributed by atoms with E-state index < -0.39 is 6.16 Å². The molecule has 2 aromatic rings. The summed E-state index contributed by atoms with van der Waals surface area (Å²) in [7, 11) is 1.42. The summed E-state index contributed by atoms with van der Waals surface area (Å²) >= 11 is 5.92. The largest absolute Gasteiger partial charge is 0.511 e. The molecule has 1 heterocycles. The second kappa shape index (κ2) is 4.47. The Morgan fingerprint density at radius 2 is 2.18 bits per heavy atom. The van der Waals surface area contributed by atoms with Gasteiger partial charge in [0.15, 0.2) is 11.5 Å². The number of carboxylic acid groups (broad SMARTS) is 1. The van der Waals surface area contributed by atoms with Crippen LogP contribution in [-0.2, 0) is 0 Å². The van der Waals surface area contributed by atoms with Crippen LogP contribution >= 0.6 is 11.6 Å². The second-order valence-electron chi connectivity index (χ2n) is 3.19. The van der Waals surface area contributed by atoms with Crippen molar-refractivity contribution in [1.29, 1.82) is 0 Å². The van der Waals surface area contributed by atoms with Crippen molar-refractivity contribution in [2.24, 2.45) is 0 Å². The average Bonchev–Trinajstić information content (AvgIpc) is 2.28. The molecular formula is C11H8ClNO4. The summed E-state index contributed by atoms with van der Waals surface area (Å²) in [5.74, 6) is 0.407. The molecule has 0 unspecified atom stereocenters. The zero-order chi connectivity index (χ0) is 12.4. The molecule has 1 aromatic carbocycles.